The second kappa shape index (κ2) is 7.30. The van der Waals surface area contributed by atoms with E-state index in [1.54, 1.807) is 21.9 Å². The van der Waals surface area contributed by atoms with Crippen molar-refractivity contribution in [2.45, 2.75) is 30.8 Å². The smallest absolute Gasteiger partial charge is 0.318 e. The number of hydrogen-bond donors (Lipinski definition) is 1. The van der Waals surface area contributed by atoms with E-state index < -0.39 is 17.9 Å². The lowest BCUT2D eigenvalue weighted by molar-refractivity contribution is -0.153. The van der Waals surface area contributed by atoms with Crippen molar-refractivity contribution in [2.75, 3.05) is 26.2 Å². The Balaban J connectivity index is 1.43. The molecule has 2 bridgehead atoms. The molecule has 0 saturated carbocycles. The zero-order valence-corrected chi connectivity index (χ0v) is 16.5. The number of nitrogens with one attached hydrogen (secondary N) is 1. The second-order valence-electron chi connectivity index (χ2n) is 8.54. The molecule has 3 saturated heterocycles. The van der Waals surface area contributed by atoms with Crippen LogP contribution >= 0.6 is 0 Å². The molecular formula is C23H24F3N3O. The molecule has 3 fully saturated rings. The van der Waals surface area contributed by atoms with Crippen LogP contribution in [0.4, 0.5) is 18.0 Å². The number of halogens is 3. The van der Waals surface area contributed by atoms with Crippen molar-refractivity contribution in [1.82, 2.24) is 15.1 Å². The lowest BCUT2D eigenvalue weighted by atomic mass is 9.81. The molecule has 2 amide bonds. The number of amides is 2. The van der Waals surface area contributed by atoms with Gasteiger partial charge >= 0.3 is 6.03 Å². The van der Waals surface area contributed by atoms with Crippen LogP contribution in [0.2, 0.25) is 0 Å². The van der Waals surface area contributed by atoms with Gasteiger partial charge in [-0.15, -0.1) is 0 Å². The first kappa shape index (κ1) is 19.4. The first-order valence-corrected chi connectivity index (χ1v) is 10.4. The molecular weight excluding hydrogens is 391 g/mol. The van der Waals surface area contributed by atoms with Gasteiger partial charge in [-0.3, -0.25) is 4.90 Å². The highest BCUT2D eigenvalue weighted by atomic mass is 19.3. The third-order valence-electron chi connectivity index (χ3n) is 6.71. The fraction of sp³-hybridized carbons (Fsp3) is 0.435. The molecule has 6 rings (SSSR count). The highest BCUT2D eigenvalue weighted by Crippen LogP contribution is 2.40. The second-order valence-corrected chi connectivity index (χ2v) is 8.54. The molecule has 4 nitrogen and oxygen atoms in total. The number of piperidine rings is 3. The van der Waals surface area contributed by atoms with Crippen LogP contribution in [0.1, 0.15) is 29.2 Å². The number of rotatable bonds is 2. The van der Waals surface area contributed by atoms with E-state index in [1.807, 2.05) is 24.3 Å². The standard InChI is InChI=1S/C23H24F3N3O/c24-17-7-5-16(6-8-17)21-18-4-2-1-3-15(18)9-12-29(21)22(30)27-20-13-28-11-10-19(20)23(25,26)14-28/h1-8,19-21H,9-14H2,(H,27,30)/t19?,20?,21-/m0/s1. The normalized spacial score (nSPS) is 29.4. The van der Waals surface area contributed by atoms with Gasteiger partial charge < -0.3 is 10.2 Å². The zero-order chi connectivity index (χ0) is 20.9. The molecule has 3 unspecified atom stereocenters. The van der Waals surface area contributed by atoms with Crippen molar-refractivity contribution in [2.24, 2.45) is 5.92 Å². The quantitative estimate of drug-likeness (QED) is 0.810. The maximum Gasteiger partial charge on any atom is 0.318 e. The summed E-state index contributed by atoms with van der Waals surface area (Å²) in [5.74, 6) is -3.94. The molecule has 158 valence electrons. The number of carbonyl (C=O) groups is 1. The van der Waals surface area contributed by atoms with Crippen LogP contribution in [-0.4, -0.2) is 54.0 Å². The van der Waals surface area contributed by atoms with E-state index in [1.165, 1.54) is 12.1 Å². The molecule has 0 aromatic heterocycles. The van der Waals surface area contributed by atoms with Crippen LogP contribution < -0.4 is 5.32 Å². The van der Waals surface area contributed by atoms with E-state index in [0.717, 1.165) is 16.7 Å². The van der Waals surface area contributed by atoms with Crippen molar-refractivity contribution in [3.63, 3.8) is 0 Å². The van der Waals surface area contributed by atoms with Gasteiger partial charge in [0.15, 0.2) is 0 Å². The topological polar surface area (TPSA) is 35.6 Å². The van der Waals surface area contributed by atoms with Crippen molar-refractivity contribution in [1.29, 1.82) is 0 Å². The number of benzene rings is 2. The van der Waals surface area contributed by atoms with Crippen LogP contribution in [0.5, 0.6) is 0 Å². The molecule has 0 radical (unpaired) electrons. The Kier molecular flexibility index (Phi) is 4.73. The lowest BCUT2D eigenvalue weighted by Gasteiger charge is -2.49. The van der Waals surface area contributed by atoms with Gasteiger partial charge in [0.2, 0.25) is 0 Å². The molecule has 7 heteroatoms. The van der Waals surface area contributed by atoms with Crippen LogP contribution in [0.15, 0.2) is 48.5 Å². The van der Waals surface area contributed by atoms with E-state index in [4.69, 9.17) is 0 Å². The van der Waals surface area contributed by atoms with Crippen molar-refractivity contribution < 1.29 is 18.0 Å². The third kappa shape index (κ3) is 3.35. The molecule has 0 spiro atoms. The average Bonchev–Trinajstić information content (AvgIpc) is 2.73. The SMILES string of the molecule is O=C(NC1CN2CCC1C(F)(F)C2)N1CCc2ccccc2[C@@H]1c1ccc(F)cc1. The van der Waals surface area contributed by atoms with E-state index >= 15 is 0 Å². The van der Waals surface area contributed by atoms with E-state index in [9.17, 15) is 18.0 Å². The first-order valence-electron chi connectivity index (χ1n) is 10.4. The van der Waals surface area contributed by atoms with Gasteiger partial charge in [0.05, 0.1) is 18.6 Å². The summed E-state index contributed by atoms with van der Waals surface area (Å²) >= 11 is 0. The minimum Gasteiger partial charge on any atom is -0.333 e. The molecule has 4 heterocycles. The Labute approximate surface area is 173 Å². The first-order chi connectivity index (χ1) is 14.4. The number of alkyl halides is 2. The summed E-state index contributed by atoms with van der Waals surface area (Å²) in [4.78, 5) is 16.7. The minimum atomic E-state index is -2.78. The highest BCUT2D eigenvalue weighted by Gasteiger charge is 2.53. The summed E-state index contributed by atoms with van der Waals surface area (Å²) in [6.07, 6.45) is 1.08. The maximum absolute atomic E-state index is 14.4. The van der Waals surface area contributed by atoms with Crippen molar-refractivity contribution >= 4 is 6.03 Å². The Hall–Kier alpha value is -2.54. The van der Waals surface area contributed by atoms with Gasteiger partial charge in [0.25, 0.3) is 5.92 Å². The molecule has 30 heavy (non-hydrogen) atoms. The van der Waals surface area contributed by atoms with Gasteiger partial charge in [-0.05, 0) is 48.2 Å². The fourth-order valence-corrected chi connectivity index (χ4v) is 5.26. The Bertz CT molecular complexity index is 949. The molecule has 1 N–H and O–H groups in total. The molecule has 0 aliphatic carbocycles. The van der Waals surface area contributed by atoms with Crippen molar-refractivity contribution in [3.05, 3.63) is 71.0 Å². The Morgan fingerprint density at radius 3 is 2.57 bits per heavy atom. The summed E-state index contributed by atoms with van der Waals surface area (Å²) < 4.78 is 42.3. The molecule has 4 aliphatic rings. The van der Waals surface area contributed by atoms with E-state index in [2.05, 4.69) is 5.32 Å². The fourth-order valence-electron chi connectivity index (χ4n) is 5.26. The average molecular weight is 415 g/mol. The molecule has 2 aromatic rings. The van der Waals surface area contributed by atoms with Crippen LogP contribution in [0.3, 0.4) is 0 Å². The molecule has 4 aliphatic heterocycles. The number of carbonyl (C=O) groups excluding carboxylic acids is 1. The van der Waals surface area contributed by atoms with E-state index in [-0.39, 0.29) is 24.4 Å². The monoisotopic (exact) mass is 415 g/mol. The predicted molar refractivity (Wildman–Crippen MR) is 107 cm³/mol. The van der Waals surface area contributed by atoms with Gasteiger partial charge in [-0.1, -0.05) is 36.4 Å². The summed E-state index contributed by atoms with van der Waals surface area (Å²) in [6.45, 7) is 1.36. The van der Waals surface area contributed by atoms with Crippen LogP contribution in [-0.2, 0) is 6.42 Å². The largest absolute Gasteiger partial charge is 0.333 e. The summed E-state index contributed by atoms with van der Waals surface area (Å²) in [7, 11) is 0. The van der Waals surface area contributed by atoms with Gasteiger partial charge in [0, 0.05) is 19.0 Å². The maximum atomic E-state index is 14.4. The van der Waals surface area contributed by atoms with Crippen LogP contribution in [0.25, 0.3) is 0 Å². The zero-order valence-electron chi connectivity index (χ0n) is 16.5. The summed E-state index contributed by atoms with van der Waals surface area (Å²) in [5.41, 5.74) is 2.94. The van der Waals surface area contributed by atoms with Gasteiger partial charge in [0.1, 0.15) is 5.82 Å². The van der Waals surface area contributed by atoms with E-state index in [0.29, 0.717) is 32.5 Å². The van der Waals surface area contributed by atoms with Gasteiger partial charge in [-0.2, -0.15) is 0 Å². The summed E-state index contributed by atoms with van der Waals surface area (Å²) in [5, 5.41) is 2.91. The Morgan fingerprint density at radius 2 is 1.83 bits per heavy atom. The van der Waals surface area contributed by atoms with Gasteiger partial charge in [-0.25, -0.2) is 18.0 Å². The lowest BCUT2D eigenvalue weighted by Crippen LogP contribution is -2.66. The number of nitrogens with zero attached hydrogens (tertiary/aromatic N) is 2. The molecule has 2 aromatic carbocycles. The minimum absolute atomic E-state index is 0.223. The van der Waals surface area contributed by atoms with Crippen molar-refractivity contribution in [3.8, 4) is 0 Å². The summed E-state index contributed by atoms with van der Waals surface area (Å²) in [6, 6.07) is 12.8. The van der Waals surface area contributed by atoms with Crippen LogP contribution in [0, 0.1) is 11.7 Å². The highest BCUT2D eigenvalue weighted by molar-refractivity contribution is 5.76. The third-order valence-corrected chi connectivity index (χ3v) is 6.71. The predicted octanol–water partition coefficient (Wildman–Crippen LogP) is 3.82. The number of fused-ring (bicyclic) bond motifs is 4. The molecule has 4 atom stereocenters. The number of hydrogen-bond acceptors (Lipinski definition) is 2. The Morgan fingerprint density at radius 1 is 1.07 bits per heavy atom. The number of urea groups is 1.